The summed E-state index contributed by atoms with van der Waals surface area (Å²) in [4.78, 5) is 20.0. The van der Waals surface area contributed by atoms with Crippen LogP contribution in [0.3, 0.4) is 0 Å². The molecule has 0 aromatic heterocycles. The van der Waals surface area contributed by atoms with E-state index in [0.717, 1.165) is 6.42 Å². The van der Waals surface area contributed by atoms with E-state index in [-0.39, 0.29) is 12.8 Å². The first-order valence-corrected chi connectivity index (χ1v) is 5.97. The van der Waals surface area contributed by atoms with Crippen LogP contribution in [0.5, 0.6) is 0 Å². The van der Waals surface area contributed by atoms with Crippen molar-refractivity contribution in [3.8, 4) is 0 Å². The van der Waals surface area contributed by atoms with Crippen LogP contribution in [-0.4, -0.2) is 35.9 Å². The monoisotopic (exact) mass is 248 g/mol. The first-order valence-electron chi connectivity index (χ1n) is 5.97. The van der Waals surface area contributed by atoms with Gasteiger partial charge >= 0.3 is 11.9 Å². The van der Waals surface area contributed by atoms with Gasteiger partial charge in [0.25, 0.3) is 0 Å². The van der Waals surface area contributed by atoms with E-state index in [0.29, 0.717) is 6.61 Å². The van der Waals surface area contributed by atoms with Crippen molar-refractivity contribution in [3.05, 3.63) is 0 Å². The maximum absolute atomic E-state index is 10.2. The summed E-state index contributed by atoms with van der Waals surface area (Å²) >= 11 is 0. The zero-order valence-corrected chi connectivity index (χ0v) is 10.8. The Bertz CT molecular complexity index is 185. The fourth-order valence-electron chi connectivity index (χ4n) is 1.03. The summed E-state index contributed by atoms with van der Waals surface area (Å²) in [7, 11) is 1.23. The Morgan fingerprint density at radius 1 is 1.06 bits per heavy atom. The third-order valence-electron chi connectivity index (χ3n) is 2.03. The van der Waals surface area contributed by atoms with E-state index in [4.69, 9.17) is 10.2 Å². The Kier molecular flexibility index (Phi) is 16.0. The van der Waals surface area contributed by atoms with Crippen molar-refractivity contribution in [1.29, 1.82) is 0 Å². The van der Waals surface area contributed by atoms with Crippen LogP contribution in [0.2, 0.25) is 0 Å². The highest BCUT2D eigenvalue weighted by atomic mass is 16.5. The number of carboxylic acids is 1. The van der Waals surface area contributed by atoms with Gasteiger partial charge in [-0.3, -0.25) is 9.59 Å². The molecule has 0 aliphatic heterocycles. The maximum atomic E-state index is 10.2. The number of rotatable bonds is 8. The molecule has 0 amide bonds. The Balaban J connectivity index is 0. The molecule has 0 aliphatic carbocycles. The highest BCUT2D eigenvalue weighted by molar-refractivity contribution is 5.76. The molecule has 5 nitrogen and oxygen atoms in total. The molecule has 0 aromatic rings. The highest BCUT2D eigenvalue weighted by Gasteiger charge is 2.02. The number of esters is 1. The van der Waals surface area contributed by atoms with Crippen LogP contribution in [0.1, 0.15) is 51.9 Å². The third kappa shape index (κ3) is 20.9. The molecule has 0 saturated heterocycles. The average Bonchev–Trinajstić information content (AvgIpc) is 2.32. The fourth-order valence-corrected chi connectivity index (χ4v) is 1.03. The van der Waals surface area contributed by atoms with Gasteiger partial charge in [0.2, 0.25) is 0 Å². The number of carbonyl (C=O) groups excluding carboxylic acids is 1. The first-order chi connectivity index (χ1) is 8.08. The topological polar surface area (TPSA) is 83.8 Å². The number of hydrogen-bond acceptors (Lipinski definition) is 4. The summed E-state index contributed by atoms with van der Waals surface area (Å²) in [5.74, 6) is -1.47. The average molecular weight is 248 g/mol. The predicted molar refractivity (Wildman–Crippen MR) is 64.7 cm³/mol. The Labute approximate surface area is 103 Å². The SMILES string of the molecule is CCCCCCCO.COC(=O)CCC(=O)O. The van der Waals surface area contributed by atoms with Crippen LogP contribution < -0.4 is 0 Å². The van der Waals surface area contributed by atoms with E-state index in [2.05, 4.69) is 11.7 Å². The molecular weight excluding hydrogens is 224 g/mol. The van der Waals surface area contributed by atoms with Gasteiger partial charge in [0.05, 0.1) is 20.0 Å². The zero-order valence-electron chi connectivity index (χ0n) is 10.8. The molecule has 0 heterocycles. The molecule has 5 heteroatoms. The molecule has 17 heavy (non-hydrogen) atoms. The summed E-state index contributed by atoms with van der Waals surface area (Å²) in [5, 5.41) is 16.4. The van der Waals surface area contributed by atoms with E-state index in [1.54, 1.807) is 0 Å². The van der Waals surface area contributed by atoms with Crippen LogP contribution in [-0.2, 0) is 14.3 Å². The standard InChI is InChI=1S/C7H16O.C5H8O4/c1-2-3-4-5-6-7-8;1-9-5(8)3-2-4(6)7/h8H,2-7H2,1H3;2-3H2,1H3,(H,6,7). The smallest absolute Gasteiger partial charge is 0.306 e. The molecule has 0 aromatic carbocycles. The highest BCUT2D eigenvalue weighted by Crippen LogP contribution is 2.00. The van der Waals surface area contributed by atoms with Gasteiger partial charge < -0.3 is 14.9 Å². The molecule has 0 aliphatic rings. The summed E-state index contributed by atoms with van der Waals surface area (Å²) in [6, 6.07) is 0. The molecule has 0 spiro atoms. The molecule has 102 valence electrons. The van der Waals surface area contributed by atoms with E-state index < -0.39 is 11.9 Å². The van der Waals surface area contributed by atoms with Crippen molar-refractivity contribution in [1.82, 2.24) is 0 Å². The molecule has 0 fully saturated rings. The van der Waals surface area contributed by atoms with Crippen molar-refractivity contribution < 1.29 is 24.5 Å². The molecule has 0 atom stereocenters. The number of aliphatic carboxylic acids is 1. The number of ether oxygens (including phenoxy) is 1. The quantitative estimate of drug-likeness (QED) is 0.507. The van der Waals surface area contributed by atoms with Crippen molar-refractivity contribution in [2.75, 3.05) is 13.7 Å². The van der Waals surface area contributed by atoms with Crippen molar-refractivity contribution in [2.45, 2.75) is 51.9 Å². The van der Waals surface area contributed by atoms with E-state index in [1.165, 1.54) is 32.8 Å². The summed E-state index contributed by atoms with van der Waals surface area (Å²) in [5.41, 5.74) is 0. The molecule has 0 bridgehead atoms. The third-order valence-corrected chi connectivity index (χ3v) is 2.03. The number of aliphatic hydroxyl groups is 1. The predicted octanol–water partition coefficient (Wildman–Crippen LogP) is 1.97. The second-order valence-electron chi connectivity index (χ2n) is 3.61. The lowest BCUT2D eigenvalue weighted by Gasteiger charge is -1.93. The maximum Gasteiger partial charge on any atom is 0.306 e. The second kappa shape index (κ2) is 14.9. The lowest BCUT2D eigenvalue weighted by atomic mass is 10.2. The van der Waals surface area contributed by atoms with Crippen molar-refractivity contribution in [3.63, 3.8) is 0 Å². The molecule has 0 radical (unpaired) electrons. The summed E-state index contributed by atoms with van der Waals surface area (Å²) in [6.07, 6.45) is 5.87. The number of unbranched alkanes of at least 4 members (excludes halogenated alkanes) is 4. The zero-order chi connectivity index (χ0) is 13.5. The molecule has 0 saturated carbocycles. The van der Waals surface area contributed by atoms with E-state index in [1.807, 2.05) is 0 Å². The second-order valence-corrected chi connectivity index (χ2v) is 3.61. The normalized spacial score (nSPS) is 9.12. The van der Waals surface area contributed by atoms with Crippen molar-refractivity contribution >= 4 is 11.9 Å². The van der Waals surface area contributed by atoms with Crippen LogP contribution in [0.4, 0.5) is 0 Å². The molecule has 0 unspecified atom stereocenters. The lowest BCUT2D eigenvalue weighted by Crippen LogP contribution is -2.04. The minimum absolute atomic E-state index is 0.0498. The van der Waals surface area contributed by atoms with Gasteiger partial charge in [0, 0.05) is 6.61 Å². The van der Waals surface area contributed by atoms with E-state index >= 15 is 0 Å². The number of carbonyl (C=O) groups is 2. The van der Waals surface area contributed by atoms with Crippen LogP contribution in [0.15, 0.2) is 0 Å². The molecule has 2 N–H and O–H groups in total. The Morgan fingerprint density at radius 2 is 1.65 bits per heavy atom. The van der Waals surface area contributed by atoms with Gasteiger partial charge in [-0.25, -0.2) is 0 Å². The van der Waals surface area contributed by atoms with Gasteiger partial charge in [0.15, 0.2) is 0 Å². The summed E-state index contributed by atoms with van der Waals surface area (Å²) < 4.78 is 4.20. The van der Waals surface area contributed by atoms with Gasteiger partial charge in [-0.05, 0) is 6.42 Å². The lowest BCUT2D eigenvalue weighted by molar-refractivity contribution is -0.145. The largest absolute Gasteiger partial charge is 0.481 e. The van der Waals surface area contributed by atoms with Crippen LogP contribution >= 0.6 is 0 Å². The number of hydrogen-bond donors (Lipinski definition) is 2. The Morgan fingerprint density at radius 3 is 2.06 bits per heavy atom. The molecular formula is C12H24O5. The minimum atomic E-state index is -0.986. The first kappa shape index (κ1) is 18.3. The summed E-state index contributed by atoms with van der Waals surface area (Å²) in [6.45, 7) is 2.56. The number of carboxylic acid groups (broad SMARTS) is 1. The minimum Gasteiger partial charge on any atom is -0.481 e. The van der Waals surface area contributed by atoms with Crippen LogP contribution in [0, 0.1) is 0 Å². The number of methoxy groups -OCH3 is 1. The van der Waals surface area contributed by atoms with Crippen LogP contribution in [0.25, 0.3) is 0 Å². The molecule has 0 rings (SSSR count). The van der Waals surface area contributed by atoms with Gasteiger partial charge in [-0.2, -0.15) is 0 Å². The number of aliphatic hydroxyl groups excluding tert-OH is 1. The van der Waals surface area contributed by atoms with Gasteiger partial charge in [-0.1, -0.05) is 32.6 Å². The van der Waals surface area contributed by atoms with E-state index in [9.17, 15) is 9.59 Å². The Hall–Kier alpha value is -1.10. The van der Waals surface area contributed by atoms with Gasteiger partial charge in [0.1, 0.15) is 0 Å². The van der Waals surface area contributed by atoms with Crippen molar-refractivity contribution in [2.24, 2.45) is 0 Å². The fraction of sp³-hybridized carbons (Fsp3) is 0.833. The van der Waals surface area contributed by atoms with Gasteiger partial charge in [-0.15, -0.1) is 0 Å².